The van der Waals surface area contributed by atoms with Crippen molar-refractivity contribution in [1.29, 1.82) is 0 Å². The van der Waals surface area contributed by atoms with Gasteiger partial charge in [0, 0.05) is 30.2 Å². The molecule has 0 bridgehead atoms. The Bertz CT molecular complexity index is 1120. The Morgan fingerprint density at radius 1 is 1.19 bits per heavy atom. The van der Waals surface area contributed by atoms with E-state index in [1.165, 1.54) is 27.0 Å². The number of aryl methyl sites for hydroxylation is 2. The maximum absolute atomic E-state index is 12.7. The van der Waals surface area contributed by atoms with Gasteiger partial charge in [0.2, 0.25) is 15.9 Å². The molecule has 2 aromatic heterocycles. The molecular weight excluding hydrogens is 454 g/mol. The lowest BCUT2D eigenvalue weighted by Gasteiger charge is -2.16. The zero-order chi connectivity index (χ0) is 21.7. The van der Waals surface area contributed by atoms with Gasteiger partial charge in [-0.25, -0.2) is 8.42 Å². The third-order valence-corrected chi connectivity index (χ3v) is 8.72. The summed E-state index contributed by atoms with van der Waals surface area (Å²) < 4.78 is 28.9. The molecule has 0 unspecified atom stereocenters. The summed E-state index contributed by atoms with van der Waals surface area (Å²) in [6.07, 6.45) is 4.31. The average molecular weight is 478 g/mol. The predicted molar refractivity (Wildman–Crippen MR) is 122 cm³/mol. The van der Waals surface area contributed by atoms with Gasteiger partial charge in [0.05, 0.1) is 10.6 Å². The molecule has 3 heterocycles. The molecule has 4 rings (SSSR count). The Balaban J connectivity index is 1.33. The standard InChI is InChI=1S/C20H23N5O3S3/c26-19(14-30-20-23-21-15-24(20)11-8-17-6-4-12-29-17)22-16-5-3-7-18(13-16)31(27,28)25-9-1-2-10-25/h3-7,12-13,15H,1-2,8-11,14H2,(H,22,26). The zero-order valence-corrected chi connectivity index (χ0v) is 19.3. The Morgan fingerprint density at radius 2 is 2.03 bits per heavy atom. The first kappa shape index (κ1) is 22.0. The van der Waals surface area contributed by atoms with Crippen molar-refractivity contribution in [3.63, 3.8) is 0 Å². The number of benzene rings is 1. The van der Waals surface area contributed by atoms with Crippen molar-refractivity contribution in [3.8, 4) is 0 Å². The Morgan fingerprint density at radius 3 is 2.81 bits per heavy atom. The molecule has 0 aliphatic carbocycles. The minimum Gasteiger partial charge on any atom is -0.325 e. The number of sulfonamides is 1. The highest BCUT2D eigenvalue weighted by atomic mass is 32.2. The minimum atomic E-state index is -3.52. The highest BCUT2D eigenvalue weighted by molar-refractivity contribution is 7.99. The summed E-state index contributed by atoms with van der Waals surface area (Å²) in [7, 11) is -3.52. The van der Waals surface area contributed by atoms with Crippen LogP contribution in [0.1, 0.15) is 17.7 Å². The van der Waals surface area contributed by atoms with Gasteiger partial charge in [0.15, 0.2) is 5.16 Å². The van der Waals surface area contributed by atoms with Gasteiger partial charge in [-0.1, -0.05) is 23.9 Å². The molecule has 0 saturated carbocycles. The summed E-state index contributed by atoms with van der Waals surface area (Å²) in [4.78, 5) is 13.9. The van der Waals surface area contributed by atoms with Crippen molar-refractivity contribution in [2.75, 3.05) is 24.2 Å². The lowest BCUT2D eigenvalue weighted by molar-refractivity contribution is -0.113. The zero-order valence-electron chi connectivity index (χ0n) is 16.8. The molecule has 0 spiro atoms. The van der Waals surface area contributed by atoms with Crippen LogP contribution in [0.3, 0.4) is 0 Å². The van der Waals surface area contributed by atoms with Crippen LogP contribution in [0.4, 0.5) is 5.69 Å². The van der Waals surface area contributed by atoms with Gasteiger partial charge in [0.1, 0.15) is 6.33 Å². The second-order valence-electron chi connectivity index (χ2n) is 7.11. The first-order valence-corrected chi connectivity index (χ1v) is 13.3. The number of carbonyl (C=O) groups excluding carboxylic acids is 1. The van der Waals surface area contributed by atoms with Crippen molar-refractivity contribution >= 4 is 44.7 Å². The number of amides is 1. The molecule has 1 N–H and O–H groups in total. The van der Waals surface area contributed by atoms with Crippen molar-refractivity contribution < 1.29 is 13.2 Å². The van der Waals surface area contributed by atoms with Gasteiger partial charge in [-0.3, -0.25) is 4.79 Å². The smallest absolute Gasteiger partial charge is 0.243 e. The van der Waals surface area contributed by atoms with E-state index in [0.717, 1.165) is 25.8 Å². The third kappa shape index (κ3) is 5.53. The van der Waals surface area contributed by atoms with E-state index >= 15 is 0 Å². The molecule has 8 nitrogen and oxygen atoms in total. The lowest BCUT2D eigenvalue weighted by Crippen LogP contribution is -2.28. The first-order valence-electron chi connectivity index (χ1n) is 9.95. The number of thiophene rings is 1. The van der Waals surface area contributed by atoms with Crippen molar-refractivity contribution in [1.82, 2.24) is 19.1 Å². The Labute approximate surface area is 189 Å². The maximum atomic E-state index is 12.7. The normalized spacial score (nSPS) is 14.7. The minimum absolute atomic E-state index is 0.154. The fourth-order valence-corrected chi connectivity index (χ4v) is 6.34. The fourth-order valence-electron chi connectivity index (χ4n) is 3.33. The largest absolute Gasteiger partial charge is 0.325 e. The van der Waals surface area contributed by atoms with Crippen LogP contribution in [-0.2, 0) is 27.8 Å². The number of hydrogen-bond acceptors (Lipinski definition) is 7. The van der Waals surface area contributed by atoms with Gasteiger partial charge < -0.3 is 9.88 Å². The van der Waals surface area contributed by atoms with E-state index in [0.29, 0.717) is 23.9 Å². The summed E-state index contributed by atoms with van der Waals surface area (Å²) >= 11 is 3.01. The SMILES string of the molecule is O=C(CSc1nncn1CCc1cccs1)Nc1cccc(S(=O)(=O)N2CCCC2)c1. The van der Waals surface area contributed by atoms with Crippen LogP contribution in [-0.4, -0.2) is 52.2 Å². The van der Waals surface area contributed by atoms with Gasteiger partial charge in [0.25, 0.3) is 0 Å². The van der Waals surface area contributed by atoms with Gasteiger partial charge in [-0.05, 0) is 48.9 Å². The van der Waals surface area contributed by atoms with Crippen LogP contribution in [0.5, 0.6) is 0 Å². The molecule has 164 valence electrons. The summed E-state index contributed by atoms with van der Waals surface area (Å²) in [5, 5.41) is 13.6. The monoisotopic (exact) mass is 477 g/mol. The predicted octanol–water partition coefficient (Wildman–Crippen LogP) is 3.10. The number of anilines is 1. The van der Waals surface area contributed by atoms with Crippen LogP contribution in [0.25, 0.3) is 0 Å². The molecular formula is C20H23N5O3S3. The van der Waals surface area contributed by atoms with E-state index < -0.39 is 10.0 Å². The number of nitrogens with one attached hydrogen (secondary N) is 1. The van der Waals surface area contributed by atoms with E-state index in [-0.39, 0.29) is 16.6 Å². The van der Waals surface area contributed by atoms with Crippen LogP contribution in [0, 0.1) is 0 Å². The van der Waals surface area contributed by atoms with E-state index in [1.54, 1.807) is 35.9 Å². The quantitative estimate of drug-likeness (QED) is 0.476. The molecule has 0 radical (unpaired) electrons. The van der Waals surface area contributed by atoms with Gasteiger partial charge in [-0.15, -0.1) is 21.5 Å². The molecule has 1 aliphatic heterocycles. The fraction of sp³-hybridized carbons (Fsp3) is 0.350. The topological polar surface area (TPSA) is 97.2 Å². The molecule has 3 aromatic rings. The summed E-state index contributed by atoms with van der Waals surface area (Å²) in [5.41, 5.74) is 0.463. The van der Waals surface area contributed by atoms with E-state index in [1.807, 2.05) is 16.0 Å². The molecule has 1 saturated heterocycles. The summed E-state index contributed by atoms with van der Waals surface area (Å²) in [6.45, 7) is 1.83. The number of nitrogens with zero attached hydrogens (tertiary/aromatic N) is 4. The summed E-state index contributed by atoms with van der Waals surface area (Å²) in [6, 6.07) is 10.5. The molecule has 0 atom stereocenters. The molecule has 1 aromatic carbocycles. The second-order valence-corrected chi connectivity index (χ2v) is 11.0. The second kappa shape index (κ2) is 9.94. The van der Waals surface area contributed by atoms with Crippen molar-refractivity contribution in [2.24, 2.45) is 0 Å². The summed E-state index contributed by atoms with van der Waals surface area (Å²) in [5.74, 6) is -0.0746. The van der Waals surface area contributed by atoms with Crippen LogP contribution >= 0.6 is 23.1 Å². The number of aromatic nitrogens is 3. The molecule has 1 fully saturated rings. The van der Waals surface area contributed by atoms with Crippen molar-refractivity contribution in [2.45, 2.75) is 35.9 Å². The third-order valence-electron chi connectivity index (χ3n) is 4.91. The molecule has 1 amide bonds. The Hall–Kier alpha value is -2.21. The number of thioether (sulfide) groups is 1. The molecule has 11 heteroatoms. The van der Waals surface area contributed by atoms with Crippen LogP contribution in [0.2, 0.25) is 0 Å². The average Bonchev–Trinajstić information content (AvgIpc) is 3.54. The lowest BCUT2D eigenvalue weighted by atomic mass is 10.3. The number of carbonyl (C=O) groups is 1. The van der Waals surface area contributed by atoms with E-state index in [2.05, 4.69) is 21.6 Å². The molecule has 1 aliphatic rings. The number of hydrogen-bond donors (Lipinski definition) is 1. The van der Waals surface area contributed by atoms with Gasteiger partial charge in [-0.2, -0.15) is 4.31 Å². The van der Waals surface area contributed by atoms with E-state index in [4.69, 9.17) is 0 Å². The van der Waals surface area contributed by atoms with Crippen molar-refractivity contribution in [3.05, 3.63) is 53.0 Å². The Kier molecular flexibility index (Phi) is 7.06. The highest BCUT2D eigenvalue weighted by Crippen LogP contribution is 2.23. The van der Waals surface area contributed by atoms with Gasteiger partial charge >= 0.3 is 0 Å². The van der Waals surface area contributed by atoms with Crippen LogP contribution < -0.4 is 5.32 Å². The first-order chi connectivity index (χ1) is 15.0. The highest BCUT2D eigenvalue weighted by Gasteiger charge is 2.27. The van der Waals surface area contributed by atoms with E-state index in [9.17, 15) is 13.2 Å². The van der Waals surface area contributed by atoms with Crippen LogP contribution in [0.15, 0.2) is 58.2 Å². The molecule has 31 heavy (non-hydrogen) atoms. The number of rotatable bonds is 9. The maximum Gasteiger partial charge on any atom is 0.243 e.